The van der Waals surface area contributed by atoms with E-state index >= 15 is 0 Å². The van der Waals surface area contributed by atoms with E-state index in [-0.39, 0.29) is 5.71 Å². The maximum atomic E-state index is 9.33. The molecule has 1 N–H and O–H groups in total. The molecule has 0 saturated heterocycles. The average molecular weight is 373 g/mol. The summed E-state index contributed by atoms with van der Waals surface area (Å²) in [5.41, 5.74) is 5.45. The molecule has 2 aromatic carbocycles. The van der Waals surface area contributed by atoms with E-state index in [4.69, 9.17) is 23.2 Å². The predicted octanol–water partition coefficient (Wildman–Crippen LogP) is 5.46. The first kappa shape index (κ1) is 16.5. The van der Waals surface area contributed by atoms with Gasteiger partial charge in [-0.05, 0) is 18.2 Å². The fourth-order valence-electron chi connectivity index (χ4n) is 1.93. The minimum Gasteiger partial charge on any atom is -0.277 e. The number of hydrazone groups is 1. The Morgan fingerprint density at radius 3 is 2.62 bits per heavy atom. The molecule has 1 aromatic heterocycles. The Kier molecular flexibility index (Phi) is 5.11. The van der Waals surface area contributed by atoms with E-state index in [2.05, 4.69) is 21.6 Å². The van der Waals surface area contributed by atoms with E-state index < -0.39 is 0 Å². The second kappa shape index (κ2) is 7.45. The maximum Gasteiger partial charge on any atom is 0.196 e. The van der Waals surface area contributed by atoms with E-state index in [1.165, 1.54) is 11.3 Å². The van der Waals surface area contributed by atoms with Gasteiger partial charge < -0.3 is 0 Å². The fraction of sp³-hybridized carbons (Fsp3) is 0. The maximum absolute atomic E-state index is 9.33. The van der Waals surface area contributed by atoms with Gasteiger partial charge in [-0.15, -0.1) is 11.3 Å². The summed E-state index contributed by atoms with van der Waals surface area (Å²) in [7, 11) is 0. The molecule has 0 spiro atoms. The summed E-state index contributed by atoms with van der Waals surface area (Å²) in [6, 6.07) is 16.8. The lowest BCUT2D eigenvalue weighted by molar-refractivity contribution is 1.31. The number of thiazole rings is 1. The number of aromatic nitrogens is 1. The van der Waals surface area contributed by atoms with Gasteiger partial charge >= 0.3 is 0 Å². The van der Waals surface area contributed by atoms with Gasteiger partial charge in [0.05, 0.1) is 21.4 Å². The highest BCUT2D eigenvalue weighted by Crippen LogP contribution is 2.25. The number of nitriles is 1. The Bertz CT molecular complexity index is 929. The number of rotatable bonds is 4. The van der Waals surface area contributed by atoms with E-state index in [1.54, 1.807) is 18.2 Å². The monoisotopic (exact) mass is 372 g/mol. The van der Waals surface area contributed by atoms with Crippen LogP contribution in [0.5, 0.6) is 0 Å². The predicted molar refractivity (Wildman–Crippen MR) is 99.8 cm³/mol. The highest BCUT2D eigenvalue weighted by atomic mass is 35.5. The molecule has 3 rings (SSSR count). The first-order valence-corrected chi connectivity index (χ1v) is 8.51. The molecule has 0 saturated carbocycles. The first-order chi connectivity index (χ1) is 11.7. The van der Waals surface area contributed by atoms with Crippen molar-refractivity contribution in [2.75, 3.05) is 5.43 Å². The Morgan fingerprint density at radius 1 is 1.12 bits per heavy atom. The standard InChI is InChI=1S/C17H10Cl2N4S/c18-13-7-6-12(8-14(13)19)22-23-15(9-20)17-21-16(10-24-17)11-4-2-1-3-5-11/h1-8,10,22H/b23-15+. The third-order valence-electron chi connectivity index (χ3n) is 3.10. The molecule has 118 valence electrons. The Balaban J connectivity index is 1.82. The van der Waals surface area contributed by atoms with Gasteiger partial charge in [0.15, 0.2) is 10.7 Å². The normalized spacial score (nSPS) is 11.1. The number of nitrogens with zero attached hydrogens (tertiary/aromatic N) is 3. The largest absolute Gasteiger partial charge is 0.277 e. The van der Waals surface area contributed by atoms with Crippen molar-refractivity contribution in [3.05, 3.63) is 69.0 Å². The van der Waals surface area contributed by atoms with Gasteiger partial charge in [-0.1, -0.05) is 53.5 Å². The molecule has 0 amide bonds. The molecule has 3 aromatic rings. The van der Waals surface area contributed by atoms with Crippen LogP contribution in [0.4, 0.5) is 5.69 Å². The summed E-state index contributed by atoms with van der Waals surface area (Å²) in [6.07, 6.45) is 0. The van der Waals surface area contributed by atoms with Crippen molar-refractivity contribution in [2.45, 2.75) is 0 Å². The van der Waals surface area contributed by atoms with Crippen molar-refractivity contribution in [3.8, 4) is 17.3 Å². The summed E-state index contributed by atoms with van der Waals surface area (Å²) in [4.78, 5) is 4.47. The van der Waals surface area contributed by atoms with Crippen molar-refractivity contribution >= 4 is 45.9 Å². The summed E-state index contributed by atoms with van der Waals surface area (Å²) >= 11 is 13.2. The molecule has 0 aliphatic heterocycles. The van der Waals surface area contributed by atoms with Crippen LogP contribution in [0.2, 0.25) is 10.0 Å². The second-order valence-electron chi connectivity index (χ2n) is 4.72. The van der Waals surface area contributed by atoms with Crippen molar-refractivity contribution in [2.24, 2.45) is 5.10 Å². The molecule has 4 nitrogen and oxygen atoms in total. The number of halogens is 2. The van der Waals surface area contributed by atoms with Crippen LogP contribution in [0.1, 0.15) is 5.01 Å². The van der Waals surface area contributed by atoms with E-state index in [0.717, 1.165) is 11.3 Å². The molecule has 24 heavy (non-hydrogen) atoms. The van der Waals surface area contributed by atoms with Crippen molar-refractivity contribution in [1.29, 1.82) is 5.26 Å². The van der Waals surface area contributed by atoms with Gasteiger partial charge in [0, 0.05) is 10.9 Å². The van der Waals surface area contributed by atoms with Crippen LogP contribution in [0.3, 0.4) is 0 Å². The molecule has 1 heterocycles. The summed E-state index contributed by atoms with van der Waals surface area (Å²) < 4.78 is 0. The van der Waals surface area contributed by atoms with Gasteiger partial charge in [-0.25, -0.2) is 4.98 Å². The van der Waals surface area contributed by atoms with Crippen LogP contribution in [-0.4, -0.2) is 10.7 Å². The molecular formula is C17H10Cl2N4S. The van der Waals surface area contributed by atoms with Crippen LogP contribution in [0, 0.1) is 11.3 Å². The van der Waals surface area contributed by atoms with Gasteiger partial charge in [0.25, 0.3) is 0 Å². The average Bonchev–Trinajstić information content (AvgIpc) is 3.09. The minimum atomic E-state index is 0.202. The molecule has 0 aliphatic rings. The summed E-state index contributed by atoms with van der Waals surface area (Å²) in [5, 5.41) is 16.8. The Hall–Kier alpha value is -2.39. The second-order valence-corrected chi connectivity index (χ2v) is 6.39. The third-order valence-corrected chi connectivity index (χ3v) is 4.69. The minimum absolute atomic E-state index is 0.202. The lowest BCUT2D eigenvalue weighted by Crippen LogP contribution is -2.01. The fourth-order valence-corrected chi connectivity index (χ4v) is 2.99. The first-order valence-electron chi connectivity index (χ1n) is 6.87. The topological polar surface area (TPSA) is 61.1 Å². The zero-order valence-electron chi connectivity index (χ0n) is 12.2. The number of hydrogen-bond donors (Lipinski definition) is 1. The van der Waals surface area contributed by atoms with Crippen LogP contribution in [0.25, 0.3) is 11.3 Å². The zero-order valence-corrected chi connectivity index (χ0v) is 14.5. The zero-order chi connectivity index (χ0) is 16.9. The molecule has 0 radical (unpaired) electrons. The number of nitrogens with one attached hydrogen (secondary N) is 1. The lowest BCUT2D eigenvalue weighted by atomic mass is 10.2. The van der Waals surface area contributed by atoms with Crippen molar-refractivity contribution in [1.82, 2.24) is 4.98 Å². The molecule has 0 atom stereocenters. The number of anilines is 1. The molecule has 0 unspecified atom stereocenters. The Morgan fingerprint density at radius 2 is 1.92 bits per heavy atom. The summed E-state index contributed by atoms with van der Waals surface area (Å²) in [5.74, 6) is 0. The summed E-state index contributed by atoms with van der Waals surface area (Å²) in [6.45, 7) is 0. The lowest BCUT2D eigenvalue weighted by Gasteiger charge is -2.02. The van der Waals surface area contributed by atoms with Gasteiger partial charge in [-0.2, -0.15) is 10.4 Å². The SMILES string of the molecule is N#C/C(=N\Nc1ccc(Cl)c(Cl)c1)c1nc(-c2ccccc2)cs1. The van der Waals surface area contributed by atoms with Crippen LogP contribution >= 0.6 is 34.5 Å². The van der Waals surface area contributed by atoms with Gasteiger partial charge in [-0.3, -0.25) is 5.43 Å². The highest BCUT2D eigenvalue weighted by Gasteiger charge is 2.10. The molecular weight excluding hydrogens is 363 g/mol. The molecule has 0 bridgehead atoms. The van der Waals surface area contributed by atoms with Crippen LogP contribution in [-0.2, 0) is 0 Å². The van der Waals surface area contributed by atoms with Crippen LogP contribution in [0.15, 0.2) is 59.0 Å². The van der Waals surface area contributed by atoms with E-state index in [1.807, 2.05) is 35.7 Å². The van der Waals surface area contributed by atoms with E-state index in [0.29, 0.717) is 20.7 Å². The molecule has 7 heteroatoms. The number of benzene rings is 2. The molecule has 0 aliphatic carbocycles. The Labute approximate surface area is 153 Å². The van der Waals surface area contributed by atoms with Crippen LogP contribution < -0.4 is 5.43 Å². The van der Waals surface area contributed by atoms with Crippen molar-refractivity contribution < 1.29 is 0 Å². The third kappa shape index (κ3) is 3.74. The van der Waals surface area contributed by atoms with Gasteiger partial charge in [0.1, 0.15) is 6.07 Å². The quantitative estimate of drug-likeness (QED) is 0.488. The smallest absolute Gasteiger partial charge is 0.196 e. The number of hydrogen-bond acceptors (Lipinski definition) is 5. The highest BCUT2D eigenvalue weighted by molar-refractivity contribution is 7.12. The van der Waals surface area contributed by atoms with Gasteiger partial charge in [0.2, 0.25) is 0 Å². The van der Waals surface area contributed by atoms with E-state index in [9.17, 15) is 5.26 Å². The molecule has 0 fully saturated rings. The van der Waals surface area contributed by atoms with Crippen molar-refractivity contribution in [3.63, 3.8) is 0 Å².